The van der Waals surface area contributed by atoms with Crippen LogP contribution in [-0.4, -0.2) is 41.3 Å². The molecule has 1 aliphatic heterocycles. The number of thioether (sulfide) groups is 1. The average Bonchev–Trinajstić information content (AvgIpc) is 2.99. The third-order valence-corrected chi connectivity index (χ3v) is 4.32. The molecule has 2 rings (SSSR count). The van der Waals surface area contributed by atoms with Crippen LogP contribution in [-0.2, 0) is 4.79 Å². The van der Waals surface area contributed by atoms with Crippen molar-refractivity contribution in [1.29, 1.82) is 0 Å². The maximum absolute atomic E-state index is 11.7. The first-order chi connectivity index (χ1) is 10.2. The predicted octanol–water partition coefficient (Wildman–Crippen LogP) is 2.74. The number of carbonyl (C=O) groups is 1. The molecule has 0 atom stereocenters. The van der Waals surface area contributed by atoms with Crippen LogP contribution >= 0.6 is 23.4 Å². The number of anilines is 1. The fraction of sp³-hybridized carbons (Fsp3) is 0.643. The number of carbonyl (C=O) groups excluding carboxylic acids is 1. The lowest BCUT2D eigenvalue weighted by atomic mass is 10.3. The standard InChI is InChI=1S/C14H21ClN4OS/c1-2-3-6-16-13(20)10-21-14-17-11(15)9-12(18-14)19-7-4-5-8-19/h9H,2-8,10H2,1H3,(H,16,20). The van der Waals surface area contributed by atoms with E-state index >= 15 is 0 Å². The van der Waals surface area contributed by atoms with Gasteiger partial charge in [0.05, 0.1) is 5.75 Å². The normalized spacial score (nSPS) is 14.5. The summed E-state index contributed by atoms with van der Waals surface area (Å²) in [6.45, 7) is 4.84. The van der Waals surface area contributed by atoms with Crippen LogP contribution in [0.25, 0.3) is 0 Å². The van der Waals surface area contributed by atoms with Crippen molar-refractivity contribution < 1.29 is 4.79 Å². The summed E-state index contributed by atoms with van der Waals surface area (Å²) in [4.78, 5) is 22.6. The van der Waals surface area contributed by atoms with E-state index in [0.29, 0.717) is 16.1 Å². The van der Waals surface area contributed by atoms with Gasteiger partial charge in [0.25, 0.3) is 0 Å². The molecule has 1 aromatic rings. The number of aromatic nitrogens is 2. The summed E-state index contributed by atoms with van der Waals surface area (Å²) in [6, 6.07) is 1.79. The van der Waals surface area contributed by atoms with Gasteiger partial charge in [0.1, 0.15) is 11.0 Å². The molecule has 1 aromatic heterocycles. The second kappa shape index (κ2) is 8.44. The third-order valence-electron chi connectivity index (χ3n) is 3.28. The summed E-state index contributed by atoms with van der Waals surface area (Å²) in [7, 11) is 0. The summed E-state index contributed by atoms with van der Waals surface area (Å²) in [6.07, 6.45) is 4.45. The molecule has 0 saturated carbocycles. The average molecular weight is 329 g/mol. The zero-order chi connectivity index (χ0) is 15.1. The van der Waals surface area contributed by atoms with Gasteiger partial charge in [0.15, 0.2) is 5.16 Å². The molecular formula is C14H21ClN4OS. The molecule has 21 heavy (non-hydrogen) atoms. The van der Waals surface area contributed by atoms with Gasteiger partial charge in [-0.1, -0.05) is 36.7 Å². The Labute approximate surface area is 134 Å². The Morgan fingerprint density at radius 1 is 1.43 bits per heavy atom. The Hall–Kier alpha value is -1.01. The smallest absolute Gasteiger partial charge is 0.230 e. The van der Waals surface area contributed by atoms with Gasteiger partial charge in [-0.25, -0.2) is 9.97 Å². The molecule has 1 saturated heterocycles. The van der Waals surface area contributed by atoms with E-state index in [1.807, 2.05) is 0 Å². The second-order valence-electron chi connectivity index (χ2n) is 5.02. The first-order valence-electron chi connectivity index (χ1n) is 7.38. The number of hydrogen-bond donors (Lipinski definition) is 1. The van der Waals surface area contributed by atoms with Gasteiger partial charge in [-0.15, -0.1) is 0 Å². The molecule has 0 spiro atoms. The Bertz CT molecular complexity index is 480. The zero-order valence-corrected chi connectivity index (χ0v) is 13.8. The van der Waals surface area contributed by atoms with E-state index in [1.165, 1.54) is 24.6 Å². The molecule has 5 nitrogen and oxygen atoms in total. The van der Waals surface area contributed by atoms with Crippen molar-refractivity contribution >= 4 is 35.1 Å². The number of halogens is 1. The van der Waals surface area contributed by atoms with E-state index in [0.717, 1.165) is 38.3 Å². The molecule has 0 aliphatic carbocycles. The number of unbranched alkanes of at least 4 members (excludes halogenated alkanes) is 1. The summed E-state index contributed by atoms with van der Waals surface area (Å²) in [5, 5.41) is 3.88. The SMILES string of the molecule is CCCCNC(=O)CSc1nc(Cl)cc(N2CCCC2)n1. The maximum Gasteiger partial charge on any atom is 0.230 e. The lowest BCUT2D eigenvalue weighted by Gasteiger charge is -2.16. The molecule has 2 heterocycles. The van der Waals surface area contributed by atoms with Gasteiger partial charge >= 0.3 is 0 Å². The molecule has 0 unspecified atom stereocenters. The van der Waals surface area contributed by atoms with Crippen LogP contribution < -0.4 is 10.2 Å². The quantitative estimate of drug-likeness (QED) is 0.361. The van der Waals surface area contributed by atoms with Crippen LogP contribution in [0.3, 0.4) is 0 Å². The molecule has 7 heteroatoms. The minimum atomic E-state index is 0.0137. The molecular weight excluding hydrogens is 308 g/mol. The van der Waals surface area contributed by atoms with Crippen molar-refractivity contribution in [2.45, 2.75) is 37.8 Å². The third kappa shape index (κ3) is 5.36. The van der Waals surface area contributed by atoms with Crippen LogP contribution in [0.2, 0.25) is 5.15 Å². The molecule has 1 N–H and O–H groups in total. The van der Waals surface area contributed by atoms with Gasteiger partial charge in [-0.2, -0.15) is 0 Å². The van der Waals surface area contributed by atoms with E-state index < -0.39 is 0 Å². The number of nitrogens with one attached hydrogen (secondary N) is 1. The van der Waals surface area contributed by atoms with E-state index in [4.69, 9.17) is 11.6 Å². The Morgan fingerprint density at radius 2 is 2.19 bits per heavy atom. The molecule has 1 fully saturated rings. The predicted molar refractivity (Wildman–Crippen MR) is 87.1 cm³/mol. The fourth-order valence-electron chi connectivity index (χ4n) is 2.14. The largest absolute Gasteiger partial charge is 0.356 e. The number of nitrogens with zero attached hydrogens (tertiary/aromatic N) is 3. The zero-order valence-electron chi connectivity index (χ0n) is 12.3. The number of rotatable bonds is 7. The highest BCUT2D eigenvalue weighted by atomic mass is 35.5. The highest BCUT2D eigenvalue weighted by molar-refractivity contribution is 7.99. The summed E-state index contributed by atoms with van der Waals surface area (Å²) >= 11 is 7.38. The van der Waals surface area contributed by atoms with Crippen LogP contribution in [0, 0.1) is 0 Å². The maximum atomic E-state index is 11.7. The van der Waals surface area contributed by atoms with Crippen LogP contribution in [0.1, 0.15) is 32.6 Å². The van der Waals surface area contributed by atoms with Crippen molar-refractivity contribution in [2.75, 3.05) is 30.3 Å². The molecule has 0 bridgehead atoms. The Balaban J connectivity index is 1.89. The second-order valence-corrected chi connectivity index (χ2v) is 6.35. The summed E-state index contributed by atoms with van der Waals surface area (Å²) in [5.74, 6) is 1.20. The van der Waals surface area contributed by atoms with Crippen LogP contribution in [0.15, 0.2) is 11.2 Å². The van der Waals surface area contributed by atoms with E-state index in [1.54, 1.807) is 6.07 Å². The lowest BCUT2D eigenvalue weighted by molar-refractivity contribution is -0.118. The lowest BCUT2D eigenvalue weighted by Crippen LogP contribution is -2.26. The number of amides is 1. The van der Waals surface area contributed by atoms with E-state index in [2.05, 4.69) is 27.1 Å². The molecule has 0 radical (unpaired) electrons. The molecule has 1 amide bonds. The minimum Gasteiger partial charge on any atom is -0.356 e. The first kappa shape index (κ1) is 16.4. The van der Waals surface area contributed by atoms with Crippen molar-refractivity contribution in [3.63, 3.8) is 0 Å². The molecule has 116 valence electrons. The van der Waals surface area contributed by atoms with Gasteiger partial charge in [-0.05, 0) is 19.3 Å². The summed E-state index contributed by atoms with van der Waals surface area (Å²) < 4.78 is 0. The van der Waals surface area contributed by atoms with E-state index in [9.17, 15) is 4.79 Å². The van der Waals surface area contributed by atoms with Gasteiger partial charge in [0.2, 0.25) is 5.91 Å². The van der Waals surface area contributed by atoms with Crippen molar-refractivity contribution in [3.05, 3.63) is 11.2 Å². The van der Waals surface area contributed by atoms with Crippen molar-refractivity contribution in [2.24, 2.45) is 0 Å². The molecule has 0 aromatic carbocycles. The van der Waals surface area contributed by atoms with E-state index in [-0.39, 0.29) is 5.91 Å². The van der Waals surface area contributed by atoms with Gasteiger partial charge < -0.3 is 10.2 Å². The minimum absolute atomic E-state index is 0.0137. The monoisotopic (exact) mass is 328 g/mol. The highest BCUT2D eigenvalue weighted by Crippen LogP contribution is 2.24. The first-order valence-corrected chi connectivity index (χ1v) is 8.74. The summed E-state index contributed by atoms with van der Waals surface area (Å²) in [5.41, 5.74) is 0. The van der Waals surface area contributed by atoms with Crippen LogP contribution in [0.4, 0.5) is 5.82 Å². The topological polar surface area (TPSA) is 58.1 Å². The highest BCUT2D eigenvalue weighted by Gasteiger charge is 2.16. The van der Waals surface area contributed by atoms with Crippen molar-refractivity contribution in [1.82, 2.24) is 15.3 Å². The molecule has 1 aliphatic rings. The number of hydrogen-bond acceptors (Lipinski definition) is 5. The fourth-order valence-corrected chi connectivity index (χ4v) is 3.05. The van der Waals surface area contributed by atoms with Crippen LogP contribution in [0.5, 0.6) is 0 Å². The van der Waals surface area contributed by atoms with Crippen molar-refractivity contribution in [3.8, 4) is 0 Å². The van der Waals surface area contributed by atoms with Gasteiger partial charge in [0, 0.05) is 25.7 Å². The Kier molecular flexibility index (Phi) is 6.57. The Morgan fingerprint density at radius 3 is 2.90 bits per heavy atom. The van der Waals surface area contributed by atoms with Gasteiger partial charge in [-0.3, -0.25) is 4.79 Å².